The van der Waals surface area contributed by atoms with Crippen molar-refractivity contribution in [2.45, 2.75) is 47.3 Å². The Morgan fingerprint density at radius 1 is 1.08 bits per heavy atom. The third-order valence-electron chi connectivity index (χ3n) is 6.08. The molecule has 4 aromatic rings. The van der Waals surface area contributed by atoms with Gasteiger partial charge in [-0.1, -0.05) is 25.6 Å². The van der Waals surface area contributed by atoms with Gasteiger partial charge < -0.3 is 19.7 Å². The molecule has 2 aromatic heterocycles. The van der Waals surface area contributed by atoms with Crippen molar-refractivity contribution < 1.29 is 14.3 Å². The zero-order valence-electron chi connectivity index (χ0n) is 21.1. The van der Waals surface area contributed by atoms with Gasteiger partial charge in [-0.2, -0.15) is 15.1 Å². The second-order valence-electron chi connectivity index (χ2n) is 9.44. The van der Waals surface area contributed by atoms with Crippen LogP contribution >= 0.6 is 0 Å². The summed E-state index contributed by atoms with van der Waals surface area (Å²) >= 11 is 0. The Morgan fingerprint density at radius 2 is 1.84 bits per heavy atom. The topological polar surface area (TPSA) is 94.4 Å². The highest BCUT2D eigenvalue weighted by molar-refractivity contribution is 6.04. The smallest absolute Gasteiger partial charge is 0.255 e. The number of aromatic nitrogens is 4. The molecule has 0 saturated carbocycles. The van der Waals surface area contributed by atoms with E-state index in [0.29, 0.717) is 47.3 Å². The van der Waals surface area contributed by atoms with Crippen molar-refractivity contribution in [2.24, 2.45) is 7.05 Å². The summed E-state index contributed by atoms with van der Waals surface area (Å²) in [5.74, 6) is 1.28. The molecule has 1 saturated heterocycles. The summed E-state index contributed by atoms with van der Waals surface area (Å²) < 4.78 is 13.9. The molecule has 3 heterocycles. The van der Waals surface area contributed by atoms with E-state index in [0.717, 1.165) is 16.8 Å². The lowest BCUT2D eigenvalue weighted by Gasteiger charge is -2.35. The molecule has 0 radical (unpaired) electrons. The van der Waals surface area contributed by atoms with Crippen molar-refractivity contribution in [3.63, 3.8) is 0 Å². The monoisotopic (exact) mass is 502 g/mol. The number of hydrogen-bond donors (Lipinski definition) is 1. The Kier molecular flexibility index (Phi) is 7.45. The highest BCUT2D eigenvalue weighted by atomic mass is 16.5. The van der Waals surface area contributed by atoms with E-state index in [4.69, 9.17) is 19.4 Å². The second-order valence-corrected chi connectivity index (χ2v) is 9.44. The van der Waals surface area contributed by atoms with Gasteiger partial charge in [0.1, 0.15) is 11.1 Å². The van der Waals surface area contributed by atoms with E-state index in [9.17, 15) is 4.79 Å². The molecule has 2 unspecified atom stereocenters. The van der Waals surface area contributed by atoms with Gasteiger partial charge in [-0.05, 0) is 63.1 Å². The predicted molar refractivity (Wildman–Crippen MR) is 146 cm³/mol. The maximum absolute atomic E-state index is 13.0. The number of rotatable bonds is 5. The minimum atomic E-state index is -0.211. The standard InChI is InChI=1S/C27H30N6O3.CH4/c1-16-7-6-8-21(11-16)28-25(34)20-10-9-17(2)23(12-20)36-26-22-15-32(5)31-24(22)29-27(30-26)33-13-18(3)35-19(4)14-33;/h6-12,15,18-19H,13-14H2,1-5H3,(H,28,34);1H4. The van der Waals surface area contributed by atoms with Crippen LogP contribution in [0.4, 0.5) is 11.6 Å². The zero-order valence-corrected chi connectivity index (χ0v) is 21.1. The van der Waals surface area contributed by atoms with E-state index in [1.165, 1.54) is 0 Å². The molecule has 9 nitrogen and oxygen atoms in total. The van der Waals surface area contributed by atoms with Gasteiger partial charge in [-0.25, -0.2) is 0 Å². The van der Waals surface area contributed by atoms with Crippen LogP contribution in [0.2, 0.25) is 0 Å². The second kappa shape index (κ2) is 10.6. The Hall–Kier alpha value is -3.98. The van der Waals surface area contributed by atoms with Crippen LogP contribution in [0, 0.1) is 13.8 Å². The van der Waals surface area contributed by atoms with E-state index in [1.807, 2.05) is 71.3 Å². The van der Waals surface area contributed by atoms with Gasteiger partial charge in [0.15, 0.2) is 5.65 Å². The molecule has 1 N–H and O–H groups in total. The van der Waals surface area contributed by atoms with Crippen molar-refractivity contribution in [3.05, 3.63) is 65.4 Å². The molecule has 0 spiro atoms. The fourth-order valence-electron chi connectivity index (χ4n) is 4.42. The summed E-state index contributed by atoms with van der Waals surface area (Å²) in [6.45, 7) is 9.35. The van der Waals surface area contributed by atoms with Crippen molar-refractivity contribution in [2.75, 3.05) is 23.3 Å². The summed E-state index contributed by atoms with van der Waals surface area (Å²) in [5, 5.41) is 8.14. The Labute approximate surface area is 217 Å². The van der Waals surface area contributed by atoms with Gasteiger partial charge in [-0.3, -0.25) is 9.48 Å². The molecule has 0 bridgehead atoms. The first-order valence-corrected chi connectivity index (χ1v) is 12.0. The molecule has 9 heteroatoms. The first-order valence-electron chi connectivity index (χ1n) is 12.0. The number of nitrogens with zero attached hydrogens (tertiary/aromatic N) is 5. The van der Waals surface area contributed by atoms with Crippen molar-refractivity contribution in [1.29, 1.82) is 0 Å². The lowest BCUT2D eigenvalue weighted by atomic mass is 10.1. The fraction of sp³-hybridized carbons (Fsp3) is 0.357. The molecule has 1 aliphatic heterocycles. The molecule has 0 aliphatic carbocycles. The van der Waals surface area contributed by atoms with E-state index >= 15 is 0 Å². The Morgan fingerprint density at radius 3 is 2.57 bits per heavy atom. The zero-order chi connectivity index (χ0) is 25.4. The number of fused-ring (bicyclic) bond motifs is 1. The molecule has 1 fully saturated rings. The predicted octanol–water partition coefficient (Wildman–Crippen LogP) is 5.27. The molecule has 5 rings (SSSR count). The summed E-state index contributed by atoms with van der Waals surface area (Å²) in [4.78, 5) is 24.5. The summed E-state index contributed by atoms with van der Waals surface area (Å²) in [6, 6.07) is 13.1. The van der Waals surface area contributed by atoms with Crippen LogP contribution < -0.4 is 15.0 Å². The molecular formula is C28H34N6O3. The number of carbonyl (C=O) groups excluding carboxylic acids is 1. The first-order chi connectivity index (χ1) is 17.2. The average molecular weight is 503 g/mol. The summed E-state index contributed by atoms with van der Waals surface area (Å²) in [6.07, 6.45) is 1.96. The lowest BCUT2D eigenvalue weighted by Crippen LogP contribution is -2.46. The molecule has 1 amide bonds. The van der Waals surface area contributed by atoms with Gasteiger partial charge in [0.2, 0.25) is 11.8 Å². The van der Waals surface area contributed by atoms with Gasteiger partial charge in [-0.15, -0.1) is 0 Å². The Balaban J connectivity index is 0.00000320. The fourth-order valence-corrected chi connectivity index (χ4v) is 4.42. The van der Waals surface area contributed by atoms with Gasteiger partial charge >= 0.3 is 0 Å². The van der Waals surface area contributed by atoms with E-state index in [-0.39, 0.29) is 25.5 Å². The third-order valence-corrected chi connectivity index (χ3v) is 6.08. The third kappa shape index (κ3) is 5.72. The number of nitrogens with one attached hydrogen (secondary N) is 1. The van der Waals surface area contributed by atoms with E-state index in [2.05, 4.69) is 15.3 Å². The summed E-state index contributed by atoms with van der Waals surface area (Å²) in [7, 11) is 1.84. The molecule has 194 valence electrons. The number of benzene rings is 2. The van der Waals surface area contributed by atoms with Crippen LogP contribution in [0.1, 0.15) is 42.8 Å². The van der Waals surface area contributed by atoms with Gasteiger partial charge in [0.25, 0.3) is 5.91 Å². The normalized spacial score (nSPS) is 17.4. The van der Waals surface area contributed by atoms with Crippen LogP contribution in [0.25, 0.3) is 11.0 Å². The lowest BCUT2D eigenvalue weighted by molar-refractivity contribution is -0.00573. The molecule has 2 aromatic carbocycles. The van der Waals surface area contributed by atoms with Crippen LogP contribution in [0.15, 0.2) is 48.7 Å². The van der Waals surface area contributed by atoms with Gasteiger partial charge in [0.05, 0.1) is 12.2 Å². The minimum absolute atomic E-state index is 0. The summed E-state index contributed by atoms with van der Waals surface area (Å²) in [5.41, 5.74) is 3.74. The first kappa shape index (κ1) is 26.1. The van der Waals surface area contributed by atoms with E-state index < -0.39 is 0 Å². The number of hydrogen-bond acceptors (Lipinski definition) is 7. The Bertz CT molecular complexity index is 1420. The molecular weight excluding hydrogens is 468 g/mol. The maximum Gasteiger partial charge on any atom is 0.255 e. The average Bonchev–Trinajstić information content (AvgIpc) is 3.20. The van der Waals surface area contributed by atoms with Crippen LogP contribution in [0.5, 0.6) is 11.6 Å². The number of ether oxygens (including phenoxy) is 2. The highest BCUT2D eigenvalue weighted by Gasteiger charge is 2.26. The minimum Gasteiger partial charge on any atom is -0.438 e. The number of amides is 1. The van der Waals surface area contributed by atoms with Crippen LogP contribution in [-0.2, 0) is 11.8 Å². The largest absolute Gasteiger partial charge is 0.438 e. The maximum atomic E-state index is 13.0. The van der Waals surface area contributed by atoms with Gasteiger partial charge in [0, 0.05) is 37.6 Å². The van der Waals surface area contributed by atoms with Crippen molar-refractivity contribution >= 4 is 28.6 Å². The van der Waals surface area contributed by atoms with Crippen molar-refractivity contribution in [3.8, 4) is 11.6 Å². The number of anilines is 2. The molecule has 2 atom stereocenters. The number of morpholine rings is 1. The SMILES string of the molecule is C.Cc1cccc(NC(=O)c2ccc(C)c(Oc3nc(N4CC(C)OC(C)C4)nc4nn(C)cc34)c2)c1. The van der Waals surface area contributed by atoms with Crippen LogP contribution in [0.3, 0.4) is 0 Å². The quantitative estimate of drug-likeness (QED) is 0.397. The van der Waals surface area contributed by atoms with Crippen molar-refractivity contribution in [1.82, 2.24) is 19.7 Å². The van der Waals surface area contributed by atoms with Crippen LogP contribution in [-0.4, -0.2) is 51.0 Å². The molecule has 1 aliphatic rings. The van der Waals surface area contributed by atoms with E-state index in [1.54, 1.807) is 16.8 Å². The highest BCUT2D eigenvalue weighted by Crippen LogP contribution is 2.32. The number of carbonyl (C=O) groups is 1. The molecule has 37 heavy (non-hydrogen) atoms. The number of aryl methyl sites for hydroxylation is 3.